The molecule has 0 aliphatic rings. The molecule has 4 nitrogen and oxygen atoms in total. The van der Waals surface area contributed by atoms with Crippen LogP contribution in [0, 0.1) is 0 Å². The number of rotatable bonds is 8. The molecule has 124 valence electrons. The third-order valence-corrected chi connectivity index (χ3v) is 3.43. The van der Waals surface area contributed by atoms with Crippen molar-refractivity contribution in [3.63, 3.8) is 0 Å². The highest BCUT2D eigenvalue weighted by molar-refractivity contribution is 9.10. The van der Waals surface area contributed by atoms with E-state index in [2.05, 4.69) is 46.4 Å². The van der Waals surface area contributed by atoms with Crippen LogP contribution in [0.3, 0.4) is 0 Å². The number of halogens is 1. The Balaban J connectivity index is 2.26. The van der Waals surface area contributed by atoms with Crippen LogP contribution in [0.2, 0.25) is 0 Å². The topological polar surface area (TPSA) is 50.7 Å². The van der Waals surface area contributed by atoms with Crippen molar-refractivity contribution in [2.45, 2.75) is 33.6 Å². The molecule has 0 fully saturated rings. The molecule has 0 bridgehead atoms. The number of carbonyl (C=O) groups excluding carboxylic acids is 1. The highest BCUT2D eigenvalue weighted by atomic mass is 79.9. The second kappa shape index (κ2) is 10.8. The third-order valence-electron chi connectivity index (χ3n) is 2.90. The summed E-state index contributed by atoms with van der Waals surface area (Å²) in [6.45, 7) is 6.16. The molecule has 1 aromatic carbocycles. The SMILES string of the molecule is CC(C)=CCCC(C)=CC=NNC(=O)COc1ccc(Br)cc1. The molecule has 0 aliphatic carbocycles. The van der Waals surface area contributed by atoms with E-state index in [1.54, 1.807) is 18.3 Å². The highest BCUT2D eigenvalue weighted by Crippen LogP contribution is 2.15. The van der Waals surface area contributed by atoms with Gasteiger partial charge in [0.2, 0.25) is 0 Å². The van der Waals surface area contributed by atoms with E-state index < -0.39 is 0 Å². The Morgan fingerprint density at radius 3 is 2.61 bits per heavy atom. The largest absolute Gasteiger partial charge is 0.484 e. The molecular formula is C18H23BrN2O2. The summed E-state index contributed by atoms with van der Waals surface area (Å²) < 4.78 is 6.31. The van der Waals surface area contributed by atoms with E-state index in [9.17, 15) is 4.79 Å². The van der Waals surface area contributed by atoms with Gasteiger partial charge in [0, 0.05) is 10.7 Å². The van der Waals surface area contributed by atoms with E-state index in [1.807, 2.05) is 25.1 Å². The quantitative estimate of drug-likeness (QED) is 0.407. The predicted molar refractivity (Wildman–Crippen MR) is 98.7 cm³/mol. The number of ether oxygens (including phenoxy) is 1. The summed E-state index contributed by atoms with van der Waals surface area (Å²) in [4.78, 5) is 11.6. The molecule has 0 heterocycles. The van der Waals surface area contributed by atoms with Crippen molar-refractivity contribution in [1.82, 2.24) is 5.43 Å². The zero-order valence-electron chi connectivity index (χ0n) is 13.8. The van der Waals surface area contributed by atoms with Gasteiger partial charge < -0.3 is 4.74 Å². The number of hydrogen-bond acceptors (Lipinski definition) is 3. The summed E-state index contributed by atoms with van der Waals surface area (Å²) in [6, 6.07) is 7.29. The lowest BCUT2D eigenvalue weighted by molar-refractivity contribution is -0.123. The van der Waals surface area contributed by atoms with Crippen LogP contribution < -0.4 is 10.2 Å². The molecule has 0 aromatic heterocycles. The molecule has 0 saturated carbocycles. The maximum atomic E-state index is 11.6. The Morgan fingerprint density at radius 2 is 1.96 bits per heavy atom. The van der Waals surface area contributed by atoms with E-state index in [0.717, 1.165) is 17.3 Å². The molecule has 1 amide bonds. The fourth-order valence-corrected chi connectivity index (χ4v) is 1.92. The van der Waals surface area contributed by atoms with Gasteiger partial charge in [0.15, 0.2) is 6.61 Å². The third kappa shape index (κ3) is 9.68. The van der Waals surface area contributed by atoms with E-state index in [1.165, 1.54) is 11.1 Å². The van der Waals surface area contributed by atoms with Gasteiger partial charge in [-0.15, -0.1) is 0 Å². The van der Waals surface area contributed by atoms with Crippen LogP contribution in [0.4, 0.5) is 0 Å². The van der Waals surface area contributed by atoms with Gasteiger partial charge >= 0.3 is 0 Å². The average Bonchev–Trinajstić information content (AvgIpc) is 2.50. The number of amides is 1. The Labute approximate surface area is 146 Å². The van der Waals surface area contributed by atoms with Crippen molar-refractivity contribution >= 4 is 28.1 Å². The van der Waals surface area contributed by atoms with Crippen molar-refractivity contribution in [1.29, 1.82) is 0 Å². The molecule has 23 heavy (non-hydrogen) atoms. The summed E-state index contributed by atoms with van der Waals surface area (Å²) in [5.41, 5.74) is 4.97. The van der Waals surface area contributed by atoms with E-state index in [-0.39, 0.29) is 12.5 Å². The van der Waals surface area contributed by atoms with Gasteiger partial charge in [0.25, 0.3) is 5.91 Å². The van der Waals surface area contributed by atoms with E-state index in [4.69, 9.17) is 4.74 Å². The minimum Gasteiger partial charge on any atom is -0.484 e. The molecule has 0 saturated heterocycles. The number of hydrazone groups is 1. The lowest BCUT2D eigenvalue weighted by Crippen LogP contribution is -2.24. The summed E-state index contributed by atoms with van der Waals surface area (Å²) in [5.74, 6) is 0.349. The van der Waals surface area contributed by atoms with Crippen molar-refractivity contribution in [3.05, 3.63) is 52.0 Å². The van der Waals surface area contributed by atoms with E-state index in [0.29, 0.717) is 5.75 Å². The zero-order chi connectivity index (χ0) is 17.1. The fraction of sp³-hybridized carbons (Fsp3) is 0.333. The van der Waals surface area contributed by atoms with Crippen LogP contribution in [-0.2, 0) is 4.79 Å². The van der Waals surface area contributed by atoms with Gasteiger partial charge in [-0.25, -0.2) is 5.43 Å². The second-order valence-corrected chi connectivity index (χ2v) is 6.30. The summed E-state index contributed by atoms with van der Waals surface area (Å²) in [7, 11) is 0. The normalized spacial score (nSPS) is 11.4. The van der Waals surface area contributed by atoms with Gasteiger partial charge in [-0.1, -0.05) is 33.2 Å². The van der Waals surface area contributed by atoms with Crippen molar-refractivity contribution < 1.29 is 9.53 Å². The van der Waals surface area contributed by atoms with Crippen molar-refractivity contribution in [2.75, 3.05) is 6.61 Å². The fourth-order valence-electron chi connectivity index (χ4n) is 1.66. The second-order valence-electron chi connectivity index (χ2n) is 5.39. The first-order valence-corrected chi connectivity index (χ1v) is 8.26. The Morgan fingerprint density at radius 1 is 1.26 bits per heavy atom. The Kier molecular flexibility index (Phi) is 8.98. The van der Waals surface area contributed by atoms with Gasteiger partial charge in [0.1, 0.15) is 5.75 Å². The maximum absolute atomic E-state index is 11.6. The van der Waals surface area contributed by atoms with Gasteiger partial charge in [-0.05, 0) is 64.0 Å². The first kappa shape index (κ1) is 19.2. The number of hydrogen-bond donors (Lipinski definition) is 1. The average molecular weight is 379 g/mol. The summed E-state index contributed by atoms with van der Waals surface area (Å²) in [6.07, 6.45) is 7.70. The Hall–Kier alpha value is -1.88. The molecule has 0 spiro atoms. The summed E-state index contributed by atoms with van der Waals surface area (Å²) in [5, 5.41) is 3.88. The lowest BCUT2D eigenvalue weighted by Gasteiger charge is -2.04. The first-order valence-electron chi connectivity index (χ1n) is 7.47. The molecule has 0 atom stereocenters. The number of nitrogens with one attached hydrogen (secondary N) is 1. The smallest absolute Gasteiger partial charge is 0.277 e. The maximum Gasteiger partial charge on any atom is 0.277 e. The number of carbonyl (C=O) groups is 1. The standard InChI is InChI=1S/C18H23BrN2O2/c1-14(2)5-4-6-15(3)11-12-20-21-18(22)13-23-17-9-7-16(19)8-10-17/h5,7-12H,4,6,13H2,1-3H3,(H,21,22). The van der Waals surface area contributed by atoms with E-state index >= 15 is 0 Å². The van der Waals surface area contributed by atoms with Crippen LogP contribution in [0.1, 0.15) is 33.6 Å². The predicted octanol–water partition coefficient (Wildman–Crippen LogP) is 4.62. The van der Waals surface area contributed by atoms with Crippen molar-refractivity contribution in [3.8, 4) is 5.75 Å². The summed E-state index contributed by atoms with van der Waals surface area (Å²) >= 11 is 3.34. The monoisotopic (exact) mass is 378 g/mol. The minimum atomic E-state index is -0.292. The molecule has 1 rings (SSSR count). The van der Waals surface area contributed by atoms with Gasteiger partial charge in [0.05, 0.1) is 0 Å². The Bertz CT molecular complexity index is 586. The van der Waals surface area contributed by atoms with Crippen LogP contribution in [0.15, 0.2) is 57.1 Å². The zero-order valence-corrected chi connectivity index (χ0v) is 15.4. The number of benzene rings is 1. The van der Waals surface area contributed by atoms with Crippen LogP contribution in [0.5, 0.6) is 5.75 Å². The molecule has 0 unspecified atom stereocenters. The molecule has 5 heteroatoms. The van der Waals surface area contributed by atoms with Gasteiger partial charge in [-0.3, -0.25) is 4.79 Å². The molecule has 0 radical (unpaired) electrons. The van der Waals surface area contributed by atoms with Crippen LogP contribution in [0.25, 0.3) is 0 Å². The lowest BCUT2D eigenvalue weighted by atomic mass is 10.1. The highest BCUT2D eigenvalue weighted by Gasteiger charge is 2.00. The molecule has 0 aliphatic heterocycles. The molecule has 1 aromatic rings. The van der Waals surface area contributed by atoms with Gasteiger partial charge in [-0.2, -0.15) is 5.10 Å². The molecule has 1 N–H and O–H groups in total. The van der Waals surface area contributed by atoms with Crippen LogP contribution >= 0.6 is 15.9 Å². The van der Waals surface area contributed by atoms with Crippen molar-refractivity contribution in [2.24, 2.45) is 5.10 Å². The molecular weight excluding hydrogens is 356 g/mol. The number of allylic oxidation sites excluding steroid dienone is 4. The number of nitrogens with zero attached hydrogens (tertiary/aromatic N) is 1. The minimum absolute atomic E-state index is 0.0672. The first-order chi connectivity index (χ1) is 11.0. The van der Waals surface area contributed by atoms with Crippen LogP contribution in [-0.4, -0.2) is 18.7 Å².